The summed E-state index contributed by atoms with van der Waals surface area (Å²) in [6.45, 7) is 9.14. The number of amides is 1. The number of rotatable bonds is 13. The molecule has 0 aromatic carbocycles. The van der Waals surface area contributed by atoms with Crippen LogP contribution >= 0.6 is 11.6 Å². The van der Waals surface area contributed by atoms with E-state index in [-0.39, 0.29) is 11.2 Å². The molecule has 0 atom stereocenters. The van der Waals surface area contributed by atoms with Crippen molar-refractivity contribution in [2.45, 2.75) is 25.3 Å². The highest BCUT2D eigenvalue weighted by Gasteiger charge is 2.35. The van der Waals surface area contributed by atoms with Gasteiger partial charge < -0.3 is 14.8 Å². The van der Waals surface area contributed by atoms with Crippen molar-refractivity contribution in [2.24, 2.45) is 0 Å². The Bertz CT molecular complexity index is 807. The molecule has 0 unspecified atom stereocenters. The molecule has 1 fully saturated rings. The maximum absolute atomic E-state index is 11.5. The summed E-state index contributed by atoms with van der Waals surface area (Å²) in [7, 11) is -2.99. The summed E-state index contributed by atoms with van der Waals surface area (Å²) in [5.74, 6) is -0.182. The third kappa shape index (κ3) is 7.67. The summed E-state index contributed by atoms with van der Waals surface area (Å²) >= 11 is 6.29. The normalized spacial score (nSPS) is 15.3. The topological polar surface area (TPSA) is 116 Å². The highest BCUT2D eigenvalue weighted by Crippen LogP contribution is 2.21. The molecule has 0 spiro atoms. The number of hydrogen-bond acceptors (Lipinski definition) is 8. The van der Waals surface area contributed by atoms with Gasteiger partial charge in [0.15, 0.2) is 15.0 Å². The summed E-state index contributed by atoms with van der Waals surface area (Å²) in [4.78, 5) is 13.2. The zero-order valence-corrected chi connectivity index (χ0v) is 18.3. The summed E-state index contributed by atoms with van der Waals surface area (Å²) < 4.78 is 35.3. The molecule has 2 rings (SSSR count). The lowest BCUT2D eigenvalue weighted by Crippen LogP contribution is -2.53. The van der Waals surface area contributed by atoms with Gasteiger partial charge in [-0.15, -0.1) is 5.10 Å². The SMILES string of the molecule is C=C(C)C(=O)NCCOCCOCCn1nnc(CN2CC(S(C)(=O)=O)C2)c1Cl. The van der Waals surface area contributed by atoms with E-state index in [4.69, 9.17) is 21.1 Å². The number of sulfone groups is 1. The van der Waals surface area contributed by atoms with Gasteiger partial charge in [-0.25, -0.2) is 13.1 Å². The maximum atomic E-state index is 11.5. The number of nitrogens with one attached hydrogen (secondary N) is 1. The lowest BCUT2D eigenvalue weighted by molar-refractivity contribution is -0.117. The van der Waals surface area contributed by atoms with E-state index in [0.29, 0.717) is 75.6 Å². The van der Waals surface area contributed by atoms with Crippen LogP contribution in [0.15, 0.2) is 12.2 Å². The smallest absolute Gasteiger partial charge is 0.246 e. The van der Waals surface area contributed by atoms with E-state index in [1.54, 1.807) is 11.6 Å². The van der Waals surface area contributed by atoms with Crippen LogP contribution in [0.1, 0.15) is 12.6 Å². The van der Waals surface area contributed by atoms with E-state index < -0.39 is 9.84 Å². The molecule has 1 N–H and O–H groups in total. The molecular formula is C17H28ClN5O5S. The predicted molar refractivity (Wildman–Crippen MR) is 108 cm³/mol. The molecule has 1 aliphatic rings. The van der Waals surface area contributed by atoms with E-state index in [2.05, 4.69) is 22.2 Å². The standard InChI is InChI=1S/C17H28ClN5O5S/c1-13(2)17(24)19-4-6-27-8-9-28-7-5-23-16(18)15(20-21-23)12-22-10-14(11-22)29(3,25)26/h14H,1,4-12H2,2-3H3,(H,19,24). The van der Waals surface area contributed by atoms with Crippen LogP contribution in [0.25, 0.3) is 0 Å². The first-order chi connectivity index (χ1) is 13.7. The fourth-order valence-electron chi connectivity index (χ4n) is 2.57. The molecule has 0 aliphatic carbocycles. The minimum Gasteiger partial charge on any atom is -0.377 e. The predicted octanol–water partition coefficient (Wildman–Crippen LogP) is -0.114. The first-order valence-corrected chi connectivity index (χ1v) is 11.6. The third-order valence-corrected chi connectivity index (χ3v) is 6.30. The van der Waals surface area contributed by atoms with Crippen molar-refractivity contribution in [1.82, 2.24) is 25.2 Å². The highest BCUT2D eigenvalue weighted by molar-refractivity contribution is 7.91. The zero-order valence-electron chi connectivity index (χ0n) is 16.8. The summed E-state index contributed by atoms with van der Waals surface area (Å²) in [6, 6.07) is 0. The van der Waals surface area contributed by atoms with Crippen molar-refractivity contribution in [1.29, 1.82) is 0 Å². The molecule has 1 amide bonds. The van der Waals surface area contributed by atoms with Gasteiger partial charge in [-0.2, -0.15) is 0 Å². The van der Waals surface area contributed by atoms with Crippen molar-refractivity contribution in [3.8, 4) is 0 Å². The second-order valence-corrected chi connectivity index (χ2v) is 9.64. The summed E-state index contributed by atoms with van der Waals surface area (Å²) in [5.41, 5.74) is 1.09. The Hall–Kier alpha value is -1.53. The average molecular weight is 450 g/mol. The second kappa shape index (κ2) is 11.0. The Morgan fingerprint density at radius 2 is 1.93 bits per heavy atom. The minimum atomic E-state index is -2.99. The molecule has 1 aromatic rings. The summed E-state index contributed by atoms with van der Waals surface area (Å²) in [5, 5.41) is 10.9. The fourth-order valence-corrected chi connectivity index (χ4v) is 3.75. The Kier molecular flexibility index (Phi) is 9.03. The monoisotopic (exact) mass is 449 g/mol. The molecular weight excluding hydrogens is 422 g/mol. The first-order valence-electron chi connectivity index (χ1n) is 9.26. The van der Waals surface area contributed by atoms with Crippen LogP contribution in [-0.2, 0) is 37.2 Å². The molecule has 2 heterocycles. The van der Waals surface area contributed by atoms with Crippen molar-refractivity contribution in [3.63, 3.8) is 0 Å². The molecule has 1 aromatic heterocycles. The zero-order chi connectivity index (χ0) is 21.4. The van der Waals surface area contributed by atoms with Gasteiger partial charge in [-0.3, -0.25) is 9.69 Å². The number of carbonyl (C=O) groups is 1. The lowest BCUT2D eigenvalue weighted by atomic mass is 10.2. The Labute approximate surface area is 176 Å². The number of ether oxygens (including phenoxy) is 2. The third-order valence-electron chi connectivity index (χ3n) is 4.38. The van der Waals surface area contributed by atoms with Gasteiger partial charge in [0, 0.05) is 38.0 Å². The van der Waals surface area contributed by atoms with Crippen molar-refractivity contribution < 1.29 is 22.7 Å². The quantitative estimate of drug-likeness (QED) is 0.327. The number of hydrogen-bond donors (Lipinski definition) is 1. The number of nitrogens with zero attached hydrogens (tertiary/aromatic N) is 4. The highest BCUT2D eigenvalue weighted by atomic mass is 35.5. The average Bonchev–Trinajstić information content (AvgIpc) is 2.94. The lowest BCUT2D eigenvalue weighted by Gasteiger charge is -2.37. The van der Waals surface area contributed by atoms with Gasteiger partial charge in [0.1, 0.15) is 5.69 Å². The molecule has 164 valence electrons. The van der Waals surface area contributed by atoms with Crippen molar-refractivity contribution >= 4 is 27.3 Å². The molecule has 12 heteroatoms. The molecule has 1 saturated heterocycles. The fraction of sp³-hybridized carbons (Fsp3) is 0.706. The van der Waals surface area contributed by atoms with Gasteiger partial charge in [-0.05, 0) is 6.92 Å². The van der Waals surface area contributed by atoms with Crippen LogP contribution in [0.4, 0.5) is 0 Å². The van der Waals surface area contributed by atoms with Crippen LogP contribution in [0.3, 0.4) is 0 Å². The van der Waals surface area contributed by atoms with Crippen molar-refractivity contribution in [2.75, 3.05) is 52.3 Å². The van der Waals surface area contributed by atoms with Gasteiger partial charge in [0.05, 0.1) is 38.2 Å². The van der Waals surface area contributed by atoms with Gasteiger partial charge in [0.25, 0.3) is 0 Å². The maximum Gasteiger partial charge on any atom is 0.246 e. The second-order valence-electron chi connectivity index (χ2n) is 6.96. The van der Waals surface area contributed by atoms with Gasteiger partial charge in [0.2, 0.25) is 5.91 Å². The Morgan fingerprint density at radius 1 is 1.28 bits per heavy atom. The Morgan fingerprint density at radius 3 is 2.55 bits per heavy atom. The molecule has 0 saturated carbocycles. The van der Waals surface area contributed by atoms with Crippen LogP contribution in [0, 0.1) is 0 Å². The number of halogens is 1. The van der Waals surface area contributed by atoms with Crippen LogP contribution in [0.5, 0.6) is 0 Å². The molecule has 10 nitrogen and oxygen atoms in total. The molecule has 1 aliphatic heterocycles. The largest absolute Gasteiger partial charge is 0.377 e. The summed E-state index contributed by atoms with van der Waals surface area (Å²) in [6.07, 6.45) is 1.25. The molecule has 0 bridgehead atoms. The Balaban J connectivity index is 1.55. The van der Waals surface area contributed by atoms with E-state index in [0.717, 1.165) is 0 Å². The molecule has 29 heavy (non-hydrogen) atoms. The molecule has 0 radical (unpaired) electrons. The minimum absolute atomic E-state index is 0.182. The van der Waals surface area contributed by atoms with Crippen LogP contribution in [0.2, 0.25) is 5.15 Å². The van der Waals surface area contributed by atoms with Crippen molar-refractivity contribution in [3.05, 3.63) is 23.0 Å². The van der Waals surface area contributed by atoms with E-state index in [1.807, 2.05) is 4.90 Å². The number of likely N-dealkylation sites (tertiary alicyclic amines) is 1. The van der Waals surface area contributed by atoms with E-state index in [1.165, 1.54) is 6.26 Å². The van der Waals surface area contributed by atoms with E-state index >= 15 is 0 Å². The van der Waals surface area contributed by atoms with E-state index in [9.17, 15) is 13.2 Å². The number of aromatic nitrogens is 3. The van der Waals surface area contributed by atoms with Crippen LogP contribution in [-0.4, -0.2) is 91.8 Å². The van der Waals surface area contributed by atoms with Crippen LogP contribution < -0.4 is 5.32 Å². The van der Waals surface area contributed by atoms with Gasteiger partial charge >= 0.3 is 0 Å². The number of carbonyl (C=O) groups excluding carboxylic acids is 1. The first kappa shape index (κ1) is 23.7. The van der Waals surface area contributed by atoms with Gasteiger partial charge in [-0.1, -0.05) is 23.4 Å².